The molecule has 1 aromatic heterocycles. The van der Waals surface area contributed by atoms with Gasteiger partial charge in [-0.1, -0.05) is 5.16 Å². The third-order valence-corrected chi connectivity index (χ3v) is 3.31. The second-order valence-electron chi connectivity index (χ2n) is 4.63. The van der Waals surface area contributed by atoms with Gasteiger partial charge in [-0.05, 0) is 31.0 Å². The summed E-state index contributed by atoms with van der Waals surface area (Å²) in [6.45, 7) is 0. The van der Waals surface area contributed by atoms with E-state index in [0.717, 1.165) is 0 Å². The Hall–Kier alpha value is -1.95. The van der Waals surface area contributed by atoms with Gasteiger partial charge in [0.1, 0.15) is 0 Å². The molecule has 0 saturated heterocycles. The van der Waals surface area contributed by atoms with Crippen LogP contribution < -0.4 is 4.74 Å². The van der Waals surface area contributed by atoms with Gasteiger partial charge in [0.15, 0.2) is 11.6 Å². The van der Waals surface area contributed by atoms with Crippen LogP contribution in [0.2, 0.25) is 0 Å². The standard InChI is InChI=1S/C13H13FN2O3/c1-18-11-6-7(2-3-10(11)14)12-15-13(19-16-12)8-4-9(17)5-8/h2-3,6,8-9,17H,4-5H2,1H3. The van der Waals surface area contributed by atoms with E-state index < -0.39 is 5.82 Å². The minimum absolute atomic E-state index is 0.124. The lowest BCUT2D eigenvalue weighted by Gasteiger charge is -2.27. The first-order valence-corrected chi connectivity index (χ1v) is 6.03. The zero-order valence-electron chi connectivity index (χ0n) is 10.3. The Kier molecular flexibility index (Phi) is 2.94. The highest BCUT2D eigenvalue weighted by Crippen LogP contribution is 2.36. The van der Waals surface area contributed by atoms with Crippen molar-refractivity contribution in [1.82, 2.24) is 10.1 Å². The fourth-order valence-corrected chi connectivity index (χ4v) is 2.11. The average Bonchev–Trinajstić information content (AvgIpc) is 2.85. The van der Waals surface area contributed by atoms with E-state index in [9.17, 15) is 9.50 Å². The van der Waals surface area contributed by atoms with Crippen LogP contribution >= 0.6 is 0 Å². The fraction of sp³-hybridized carbons (Fsp3) is 0.385. The van der Waals surface area contributed by atoms with Gasteiger partial charge < -0.3 is 14.4 Å². The maximum atomic E-state index is 13.3. The number of benzene rings is 1. The van der Waals surface area contributed by atoms with E-state index in [-0.39, 0.29) is 17.8 Å². The molecule has 1 fully saturated rings. The highest BCUT2D eigenvalue weighted by molar-refractivity contribution is 5.57. The zero-order chi connectivity index (χ0) is 13.4. The summed E-state index contributed by atoms with van der Waals surface area (Å²) >= 11 is 0. The third-order valence-electron chi connectivity index (χ3n) is 3.31. The molecule has 0 atom stereocenters. The summed E-state index contributed by atoms with van der Waals surface area (Å²) in [6, 6.07) is 4.40. The molecule has 0 unspecified atom stereocenters. The van der Waals surface area contributed by atoms with Crippen molar-refractivity contribution < 1.29 is 18.8 Å². The number of hydrogen-bond donors (Lipinski definition) is 1. The SMILES string of the molecule is COc1cc(-c2noc(C3CC(O)C3)n2)ccc1F. The Morgan fingerprint density at radius 2 is 2.21 bits per heavy atom. The number of ether oxygens (including phenoxy) is 1. The smallest absolute Gasteiger partial charge is 0.230 e. The number of halogens is 1. The molecule has 1 heterocycles. The minimum Gasteiger partial charge on any atom is -0.494 e. The Bertz CT molecular complexity index is 593. The highest BCUT2D eigenvalue weighted by atomic mass is 19.1. The Morgan fingerprint density at radius 3 is 2.89 bits per heavy atom. The lowest BCUT2D eigenvalue weighted by molar-refractivity contribution is 0.0625. The molecule has 0 amide bonds. The van der Waals surface area contributed by atoms with Crippen LogP contribution in [-0.2, 0) is 0 Å². The first kappa shape index (κ1) is 12.1. The van der Waals surface area contributed by atoms with E-state index in [1.807, 2.05) is 0 Å². The van der Waals surface area contributed by atoms with E-state index >= 15 is 0 Å². The summed E-state index contributed by atoms with van der Waals surface area (Å²) in [6.07, 6.45) is 1.02. The van der Waals surface area contributed by atoms with Crippen LogP contribution in [0, 0.1) is 5.82 Å². The Balaban J connectivity index is 1.86. The van der Waals surface area contributed by atoms with Crippen LogP contribution in [0.25, 0.3) is 11.4 Å². The first-order valence-electron chi connectivity index (χ1n) is 6.03. The van der Waals surface area contributed by atoms with Gasteiger partial charge >= 0.3 is 0 Å². The molecule has 2 aromatic rings. The molecule has 1 saturated carbocycles. The molecule has 6 heteroatoms. The summed E-state index contributed by atoms with van der Waals surface area (Å²) in [7, 11) is 1.40. The van der Waals surface area contributed by atoms with Crippen LogP contribution in [0.3, 0.4) is 0 Å². The number of aromatic nitrogens is 2. The van der Waals surface area contributed by atoms with Crippen molar-refractivity contribution in [2.75, 3.05) is 7.11 Å². The van der Waals surface area contributed by atoms with Crippen LogP contribution in [-0.4, -0.2) is 28.5 Å². The minimum atomic E-state index is -0.433. The molecule has 100 valence electrons. The van der Waals surface area contributed by atoms with Crippen molar-refractivity contribution in [2.24, 2.45) is 0 Å². The second kappa shape index (κ2) is 4.62. The number of rotatable bonds is 3. The van der Waals surface area contributed by atoms with Gasteiger partial charge in [0.25, 0.3) is 0 Å². The van der Waals surface area contributed by atoms with Gasteiger partial charge in [-0.2, -0.15) is 4.98 Å². The van der Waals surface area contributed by atoms with E-state index in [1.54, 1.807) is 6.07 Å². The predicted octanol–water partition coefficient (Wildman–Crippen LogP) is 2.12. The lowest BCUT2D eigenvalue weighted by Crippen LogP contribution is -2.26. The van der Waals surface area contributed by atoms with Crippen LogP contribution in [0.5, 0.6) is 5.75 Å². The molecule has 1 aromatic carbocycles. The van der Waals surface area contributed by atoms with Crippen molar-refractivity contribution in [3.63, 3.8) is 0 Å². The molecule has 5 nitrogen and oxygen atoms in total. The summed E-state index contributed by atoms with van der Waals surface area (Å²) < 4.78 is 23.4. The zero-order valence-corrected chi connectivity index (χ0v) is 10.3. The average molecular weight is 264 g/mol. The molecule has 3 rings (SSSR count). The van der Waals surface area contributed by atoms with Gasteiger partial charge in [0.05, 0.1) is 13.2 Å². The van der Waals surface area contributed by atoms with Crippen molar-refractivity contribution in [3.05, 3.63) is 29.9 Å². The van der Waals surface area contributed by atoms with E-state index in [0.29, 0.717) is 30.1 Å². The second-order valence-corrected chi connectivity index (χ2v) is 4.63. The molecule has 1 N–H and O–H groups in total. The number of hydrogen-bond acceptors (Lipinski definition) is 5. The summed E-state index contributed by atoms with van der Waals surface area (Å²) in [5.74, 6) is 0.747. The van der Waals surface area contributed by atoms with Gasteiger partial charge in [0.2, 0.25) is 11.7 Å². The van der Waals surface area contributed by atoms with Crippen LogP contribution in [0.1, 0.15) is 24.7 Å². The largest absolute Gasteiger partial charge is 0.494 e. The molecular formula is C13H13FN2O3. The van der Waals surface area contributed by atoms with Crippen LogP contribution in [0.4, 0.5) is 4.39 Å². The van der Waals surface area contributed by atoms with Gasteiger partial charge in [-0.25, -0.2) is 4.39 Å². The fourth-order valence-electron chi connectivity index (χ4n) is 2.11. The summed E-state index contributed by atoms with van der Waals surface area (Å²) in [5.41, 5.74) is 0.633. The van der Waals surface area contributed by atoms with Crippen molar-refractivity contribution in [2.45, 2.75) is 24.9 Å². The van der Waals surface area contributed by atoms with Gasteiger partial charge in [0, 0.05) is 11.5 Å². The van der Waals surface area contributed by atoms with Gasteiger partial charge in [-0.3, -0.25) is 0 Å². The summed E-state index contributed by atoms with van der Waals surface area (Å²) in [4.78, 5) is 4.28. The molecule has 1 aliphatic carbocycles. The van der Waals surface area contributed by atoms with Crippen molar-refractivity contribution >= 4 is 0 Å². The van der Waals surface area contributed by atoms with E-state index in [2.05, 4.69) is 10.1 Å². The van der Waals surface area contributed by atoms with Gasteiger partial charge in [-0.15, -0.1) is 0 Å². The number of aliphatic hydroxyl groups is 1. The topological polar surface area (TPSA) is 68.4 Å². The van der Waals surface area contributed by atoms with E-state index in [4.69, 9.17) is 9.26 Å². The number of aliphatic hydroxyl groups excluding tert-OH is 1. The molecule has 0 aliphatic heterocycles. The number of nitrogens with zero attached hydrogens (tertiary/aromatic N) is 2. The quantitative estimate of drug-likeness (QED) is 0.919. The van der Waals surface area contributed by atoms with E-state index in [1.165, 1.54) is 19.2 Å². The van der Waals surface area contributed by atoms with Crippen LogP contribution in [0.15, 0.2) is 22.7 Å². The molecular weight excluding hydrogens is 251 g/mol. The first-order chi connectivity index (χ1) is 9.17. The molecule has 0 radical (unpaired) electrons. The normalized spacial score (nSPS) is 22.1. The maximum absolute atomic E-state index is 13.3. The molecule has 1 aliphatic rings. The maximum Gasteiger partial charge on any atom is 0.230 e. The Labute approximate surface area is 109 Å². The lowest BCUT2D eigenvalue weighted by atomic mass is 9.82. The molecule has 0 spiro atoms. The summed E-state index contributed by atoms with van der Waals surface area (Å²) in [5, 5.41) is 13.1. The van der Waals surface area contributed by atoms with Crippen molar-refractivity contribution in [1.29, 1.82) is 0 Å². The highest BCUT2D eigenvalue weighted by Gasteiger charge is 2.33. The van der Waals surface area contributed by atoms with Crippen molar-refractivity contribution in [3.8, 4) is 17.1 Å². The molecule has 19 heavy (non-hydrogen) atoms. The third kappa shape index (κ3) is 2.19. The predicted molar refractivity (Wildman–Crippen MR) is 64.2 cm³/mol. The Morgan fingerprint density at radius 1 is 1.42 bits per heavy atom. The molecule has 0 bridgehead atoms. The number of methoxy groups -OCH3 is 1. The monoisotopic (exact) mass is 264 g/mol.